The molecule has 0 aliphatic carbocycles. The summed E-state index contributed by atoms with van der Waals surface area (Å²) in [7, 11) is 0. The highest BCUT2D eigenvalue weighted by atomic mass is 79.9. The Balaban J connectivity index is 1.68. The number of benzene rings is 3. The summed E-state index contributed by atoms with van der Waals surface area (Å²) in [5.74, 6) is 0.223. The first-order valence-corrected chi connectivity index (χ1v) is 11.6. The molecule has 170 valence electrons. The van der Waals surface area contributed by atoms with Gasteiger partial charge >= 0.3 is 0 Å². The topological polar surface area (TPSA) is 91.2 Å². The number of thiazole rings is 1. The number of nitrogens with zero attached hydrogens (tertiary/aromatic N) is 4. The van der Waals surface area contributed by atoms with Crippen LogP contribution in [-0.2, 0) is 0 Å². The van der Waals surface area contributed by atoms with Crippen LogP contribution in [0.25, 0.3) is 11.3 Å². The third kappa shape index (κ3) is 4.22. The molecule has 0 fully saturated rings. The summed E-state index contributed by atoms with van der Waals surface area (Å²) in [5, 5.41) is 18.0. The van der Waals surface area contributed by atoms with Crippen molar-refractivity contribution in [3.8, 4) is 22.8 Å². The fourth-order valence-electron chi connectivity index (χ4n) is 3.32. The first-order valence-electron chi connectivity index (χ1n) is 9.88. The second-order valence-corrected chi connectivity index (χ2v) is 8.72. The van der Waals surface area contributed by atoms with Gasteiger partial charge in [0.25, 0.3) is 5.69 Å². The molecule has 0 atom stereocenters. The summed E-state index contributed by atoms with van der Waals surface area (Å²) in [6.45, 7) is -0.00971. The standard InChI is InChI=1S/C23H14BrFN4O4S/c24-16-6-2-1-5-15(16)20-12-34-23(27-18-8-4-3-7-17(18)25)28(20)26-11-14-9-21-22(33-13-32-21)10-19(14)29(30)31/h1-12H,13H2. The van der Waals surface area contributed by atoms with Gasteiger partial charge in [-0.3, -0.25) is 10.1 Å². The molecule has 1 aliphatic rings. The van der Waals surface area contributed by atoms with E-state index >= 15 is 0 Å². The second kappa shape index (κ2) is 9.20. The number of fused-ring (bicyclic) bond motifs is 1. The molecule has 0 radical (unpaired) electrons. The third-order valence-electron chi connectivity index (χ3n) is 4.93. The smallest absolute Gasteiger partial charge is 0.282 e. The van der Waals surface area contributed by atoms with Crippen LogP contribution in [-0.4, -0.2) is 22.6 Å². The molecule has 0 spiro atoms. The van der Waals surface area contributed by atoms with Gasteiger partial charge in [-0.1, -0.05) is 46.3 Å². The first kappa shape index (κ1) is 22.0. The highest BCUT2D eigenvalue weighted by Gasteiger charge is 2.22. The zero-order valence-corrected chi connectivity index (χ0v) is 19.6. The Morgan fingerprint density at radius 1 is 1.12 bits per heavy atom. The zero-order valence-electron chi connectivity index (χ0n) is 17.2. The highest BCUT2D eigenvalue weighted by Crippen LogP contribution is 2.37. The zero-order chi connectivity index (χ0) is 23.7. The SMILES string of the molecule is O=[N+]([O-])c1cc2c(cc1C=Nn1c(-c3ccccc3Br)csc1=Nc1ccccc1F)OCO2. The lowest BCUT2D eigenvalue weighted by Crippen LogP contribution is -2.12. The Morgan fingerprint density at radius 3 is 2.62 bits per heavy atom. The van der Waals surface area contributed by atoms with E-state index in [0.29, 0.717) is 22.0 Å². The van der Waals surface area contributed by atoms with Gasteiger partial charge in [-0.2, -0.15) is 5.10 Å². The lowest BCUT2D eigenvalue weighted by molar-refractivity contribution is -0.385. The predicted octanol–water partition coefficient (Wildman–Crippen LogP) is 5.87. The summed E-state index contributed by atoms with van der Waals surface area (Å²) in [4.78, 5) is 16.0. The molecular formula is C23H14BrFN4O4S. The van der Waals surface area contributed by atoms with Crippen LogP contribution in [0.5, 0.6) is 11.5 Å². The van der Waals surface area contributed by atoms with E-state index in [9.17, 15) is 14.5 Å². The van der Waals surface area contributed by atoms with Crippen molar-refractivity contribution in [1.82, 2.24) is 4.68 Å². The van der Waals surface area contributed by atoms with Crippen LogP contribution < -0.4 is 14.3 Å². The molecule has 4 aromatic rings. The van der Waals surface area contributed by atoms with E-state index in [4.69, 9.17) is 9.47 Å². The maximum Gasteiger partial charge on any atom is 0.282 e. The molecule has 8 nitrogen and oxygen atoms in total. The second-order valence-electron chi connectivity index (χ2n) is 7.02. The number of aromatic nitrogens is 1. The Kier molecular flexibility index (Phi) is 5.95. The largest absolute Gasteiger partial charge is 0.454 e. The van der Waals surface area contributed by atoms with E-state index in [2.05, 4.69) is 26.0 Å². The van der Waals surface area contributed by atoms with E-state index in [1.807, 2.05) is 29.6 Å². The van der Waals surface area contributed by atoms with Crippen molar-refractivity contribution >= 4 is 44.9 Å². The van der Waals surface area contributed by atoms with Gasteiger partial charge < -0.3 is 9.47 Å². The fraction of sp³-hybridized carbons (Fsp3) is 0.0435. The van der Waals surface area contributed by atoms with E-state index in [1.165, 1.54) is 40.4 Å². The molecule has 0 amide bonds. The Hall–Kier alpha value is -3.83. The molecule has 0 unspecified atom stereocenters. The Bertz CT molecular complexity index is 1520. The molecule has 1 aliphatic heterocycles. The normalized spacial score (nSPS) is 13.1. The predicted molar refractivity (Wildman–Crippen MR) is 129 cm³/mol. The monoisotopic (exact) mass is 540 g/mol. The van der Waals surface area contributed by atoms with Crippen molar-refractivity contribution < 1.29 is 18.8 Å². The maximum absolute atomic E-state index is 14.3. The summed E-state index contributed by atoms with van der Waals surface area (Å²) in [6, 6.07) is 16.5. The average molecular weight is 541 g/mol. The number of halogens is 2. The maximum atomic E-state index is 14.3. The molecule has 0 N–H and O–H groups in total. The van der Waals surface area contributed by atoms with Crippen LogP contribution in [0.2, 0.25) is 0 Å². The highest BCUT2D eigenvalue weighted by molar-refractivity contribution is 9.10. The summed E-state index contributed by atoms with van der Waals surface area (Å²) >= 11 is 4.81. The van der Waals surface area contributed by atoms with Crippen molar-refractivity contribution in [2.75, 3.05) is 6.79 Å². The number of hydrogen-bond donors (Lipinski definition) is 0. The molecule has 0 saturated heterocycles. The van der Waals surface area contributed by atoms with E-state index < -0.39 is 10.7 Å². The van der Waals surface area contributed by atoms with Gasteiger partial charge in [-0.05, 0) is 24.3 Å². The van der Waals surface area contributed by atoms with E-state index in [1.54, 1.807) is 18.2 Å². The van der Waals surface area contributed by atoms with Gasteiger partial charge in [-0.15, -0.1) is 11.3 Å². The molecule has 34 heavy (non-hydrogen) atoms. The molecule has 1 aromatic heterocycles. The summed E-state index contributed by atoms with van der Waals surface area (Å²) in [5.41, 5.74) is 1.70. The Labute approximate surface area is 204 Å². The quantitative estimate of drug-likeness (QED) is 0.180. The minimum Gasteiger partial charge on any atom is -0.454 e. The van der Waals surface area contributed by atoms with Crippen LogP contribution in [0.1, 0.15) is 5.56 Å². The third-order valence-corrected chi connectivity index (χ3v) is 6.44. The van der Waals surface area contributed by atoms with Crippen molar-refractivity contribution in [3.05, 3.63) is 96.8 Å². The molecular weight excluding hydrogens is 527 g/mol. The average Bonchev–Trinajstić information content (AvgIpc) is 3.45. The summed E-state index contributed by atoms with van der Waals surface area (Å²) < 4.78 is 27.2. The molecule has 0 saturated carbocycles. The van der Waals surface area contributed by atoms with Gasteiger partial charge in [0.15, 0.2) is 11.5 Å². The van der Waals surface area contributed by atoms with Gasteiger partial charge in [0.1, 0.15) is 11.5 Å². The fourth-order valence-corrected chi connectivity index (χ4v) is 4.65. The van der Waals surface area contributed by atoms with Crippen LogP contribution in [0.15, 0.2) is 80.6 Å². The van der Waals surface area contributed by atoms with E-state index in [-0.39, 0.29) is 23.7 Å². The van der Waals surface area contributed by atoms with Crippen molar-refractivity contribution in [2.24, 2.45) is 10.1 Å². The minimum absolute atomic E-state index is 0.00971. The summed E-state index contributed by atoms with van der Waals surface area (Å²) in [6.07, 6.45) is 1.35. The molecule has 5 rings (SSSR count). The molecule has 2 heterocycles. The van der Waals surface area contributed by atoms with E-state index in [0.717, 1.165) is 10.0 Å². The van der Waals surface area contributed by atoms with Gasteiger partial charge in [-0.25, -0.2) is 14.1 Å². The molecule has 0 bridgehead atoms. The van der Waals surface area contributed by atoms with Crippen molar-refractivity contribution in [2.45, 2.75) is 0 Å². The molecule has 11 heteroatoms. The number of rotatable bonds is 5. The van der Waals surface area contributed by atoms with Gasteiger partial charge in [0.05, 0.1) is 28.5 Å². The number of ether oxygens (including phenoxy) is 2. The van der Waals surface area contributed by atoms with Gasteiger partial charge in [0, 0.05) is 15.4 Å². The number of nitro groups is 1. The van der Waals surface area contributed by atoms with Crippen molar-refractivity contribution in [3.63, 3.8) is 0 Å². The van der Waals surface area contributed by atoms with Crippen molar-refractivity contribution in [1.29, 1.82) is 0 Å². The number of hydrogen-bond acceptors (Lipinski definition) is 7. The van der Waals surface area contributed by atoms with Crippen LogP contribution in [0.4, 0.5) is 15.8 Å². The van der Waals surface area contributed by atoms with Crippen LogP contribution in [0, 0.1) is 15.9 Å². The lowest BCUT2D eigenvalue weighted by Gasteiger charge is -2.06. The van der Waals surface area contributed by atoms with Gasteiger partial charge in [0.2, 0.25) is 11.6 Å². The molecule has 3 aromatic carbocycles. The van der Waals surface area contributed by atoms with Crippen LogP contribution in [0.3, 0.4) is 0 Å². The van der Waals surface area contributed by atoms with Crippen LogP contribution >= 0.6 is 27.3 Å². The number of para-hydroxylation sites is 1. The number of nitro benzene ring substituents is 1. The minimum atomic E-state index is -0.513. The Morgan fingerprint density at radius 2 is 1.85 bits per heavy atom. The first-order chi connectivity index (χ1) is 16.5. The lowest BCUT2D eigenvalue weighted by atomic mass is 10.1.